The normalized spacial score (nSPS) is 31.5. The SMILES string of the molecule is COc1cc(C[C@@H](CO)c2cc(/C=C/CO[C@@H]3O[C@H](CO)[C@@H](O)[C@H](O)[C@H]3O)cc(OC)c2O[C@@H]2O[C@H](CO)[C@@H](O)[C@H](O)[C@H]2O)ccc1O. The second-order valence-corrected chi connectivity index (χ2v) is 11.5. The zero-order valence-electron chi connectivity index (χ0n) is 26.3. The molecular weight excluding hydrogens is 640 g/mol. The Hall–Kier alpha value is -3.10. The van der Waals surface area contributed by atoms with E-state index in [1.165, 1.54) is 20.3 Å². The van der Waals surface area contributed by atoms with Crippen molar-refractivity contribution in [1.29, 1.82) is 0 Å². The molecule has 11 atom stereocenters. The van der Waals surface area contributed by atoms with Crippen molar-refractivity contribution in [2.45, 2.75) is 73.8 Å². The molecule has 0 aromatic heterocycles. The maximum Gasteiger partial charge on any atom is 0.229 e. The van der Waals surface area contributed by atoms with Crippen LogP contribution >= 0.6 is 0 Å². The molecule has 2 heterocycles. The number of phenols is 1. The van der Waals surface area contributed by atoms with Crippen molar-refractivity contribution in [1.82, 2.24) is 0 Å². The highest BCUT2D eigenvalue weighted by molar-refractivity contribution is 5.60. The lowest BCUT2D eigenvalue weighted by Crippen LogP contribution is -2.60. The molecular formula is C32H44O16. The number of aromatic hydroxyl groups is 1. The van der Waals surface area contributed by atoms with E-state index in [0.717, 1.165) is 0 Å². The van der Waals surface area contributed by atoms with Gasteiger partial charge in [0.25, 0.3) is 0 Å². The van der Waals surface area contributed by atoms with E-state index in [9.17, 15) is 51.1 Å². The summed E-state index contributed by atoms with van der Waals surface area (Å²) in [6.45, 7) is -1.83. The Bertz CT molecular complexity index is 1350. The van der Waals surface area contributed by atoms with Crippen LogP contribution in [-0.4, -0.2) is 153 Å². The van der Waals surface area contributed by atoms with Crippen molar-refractivity contribution in [2.24, 2.45) is 0 Å². The lowest BCUT2D eigenvalue weighted by Gasteiger charge is -2.40. The van der Waals surface area contributed by atoms with Crippen LogP contribution in [0.25, 0.3) is 6.08 Å². The molecule has 4 rings (SSSR count). The third-order valence-corrected chi connectivity index (χ3v) is 8.31. The molecule has 0 aliphatic carbocycles. The van der Waals surface area contributed by atoms with Gasteiger partial charge in [0.15, 0.2) is 29.3 Å². The molecule has 0 unspecified atom stereocenters. The van der Waals surface area contributed by atoms with E-state index in [2.05, 4.69) is 0 Å². The summed E-state index contributed by atoms with van der Waals surface area (Å²) in [6, 6.07) is 7.92. The largest absolute Gasteiger partial charge is 0.504 e. The van der Waals surface area contributed by atoms with Gasteiger partial charge < -0.3 is 79.5 Å². The molecule has 0 amide bonds. The second kappa shape index (κ2) is 17.0. The van der Waals surface area contributed by atoms with E-state index in [4.69, 9.17) is 28.4 Å². The van der Waals surface area contributed by atoms with Crippen molar-refractivity contribution in [3.8, 4) is 23.0 Å². The summed E-state index contributed by atoms with van der Waals surface area (Å²) < 4.78 is 33.3. The van der Waals surface area contributed by atoms with Crippen LogP contribution in [0.15, 0.2) is 36.4 Å². The minimum Gasteiger partial charge on any atom is -0.504 e. The lowest BCUT2D eigenvalue weighted by molar-refractivity contribution is -0.298. The van der Waals surface area contributed by atoms with Crippen LogP contribution in [0.1, 0.15) is 22.6 Å². The minimum absolute atomic E-state index is 0.0290. The fraction of sp³-hybridized carbons (Fsp3) is 0.562. The van der Waals surface area contributed by atoms with Gasteiger partial charge in [-0.15, -0.1) is 0 Å². The van der Waals surface area contributed by atoms with Gasteiger partial charge in [0.2, 0.25) is 6.29 Å². The average molecular weight is 685 g/mol. The number of rotatable bonds is 14. The number of aliphatic hydroxyl groups excluding tert-OH is 9. The number of hydrogen-bond donors (Lipinski definition) is 10. The molecule has 2 aromatic rings. The van der Waals surface area contributed by atoms with Crippen LogP contribution in [0.4, 0.5) is 0 Å². The van der Waals surface area contributed by atoms with Crippen LogP contribution in [0, 0.1) is 0 Å². The minimum atomic E-state index is -1.73. The van der Waals surface area contributed by atoms with Crippen LogP contribution in [0.5, 0.6) is 23.0 Å². The van der Waals surface area contributed by atoms with E-state index in [1.54, 1.807) is 36.4 Å². The summed E-state index contributed by atoms with van der Waals surface area (Å²) in [6.07, 6.45) is -11.7. The Morgan fingerprint density at radius 3 is 1.94 bits per heavy atom. The number of methoxy groups -OCH3 is 2. The predicted octanol–water partition coefficient (Wildman–Crippen LogP) is -2.26. The first-order chi connectivity index (χ1) is 23.0. The monoisotopic (exact) mass is 684 g/mol. The summed E-state index contributed by atoms with van der Waals surface area (Å²) in [5.74, 6) is -0.391. The van der Waals surface area contributed by atoms with Crippen molar-refractivity contribution < 1.29 is 79.5 Å². The van der Waals surface area contributed by atoms with Crippen LogP contribution in [0.3, 0.4) is 0 Å². The molecule has 2 aromatic carbocycles. The second-order valence-electron chi connectivity index (χ2n) is 11.5. The highest BCUT2D eigenvalue weighted by atomic mass is 16.7. The maximum atomic E-state index is 10.7. The molecule has 268 valence electrons. The van der Waals surface area contributed by atoms with Gasteiger partial charge >= 0.3 is 0 Å². The molecule has 0 saturated carbocycles. The van der Waals surface area contributed by atoms with E-state index >= 15 is 0 Å². The topological polar surface area (TPSA) is 258 Å². The first kappa shape index (κ1) is 37.7. The average Bonchev–Trinajstić information content (AvgIpc) is 3.09. The van der Waals surface area contributed by atoms with Gasteiger partial charge in [-0.2, -0.15) is 0 Å². The van der Waals surface area contributed by atoms with Gasteiger partial charge in [-0.25, -0.2) is 0 Å². The highest BCUT2D eigenvalue weighted by Gasteiger charge is 2.46. The molecule has 0 spiro atoms. The van der Waals surface area contributed by atoms with Gasteiger partial charge in [0.05, 0.1) is 40.6 Å². The summed E-state index contributed by atoms with van der Waals surface area (Å²) >= 11 is 0. The molecule has 2 aliphatic rings. The van der Waals surface area contributed by atoms with Crippen LogP contribution in [-0.2, 0) is 20.6 Å². The standard InChI is InChI=1S/C32H44O16/c1-43-20-10-16(5-6-19(20)36)8-17(12-33)18-9-15(4-3-7-45-31-28(41)26(39)24(37)22(13-34)46-31)11-21(44-2)30(18)48-32-29(42)27(40)25(38)23(14-35)47-32/h3-6,9-11,17,22-29,31-42H,7-8,12-14H2,1-2H3/b4-3+/t17-,22+,23+,24+,25+,26-,27-,28+,29+,31+,32-/m0/s1. The summed E-state index contributed by atoms with van der Waals surface area (Å²) in [5, 5.41) is 101. The molecule has 0 bridgehead atoms. The van der Waals surface area contributed by atoms with Gasteiger partial charge in [0, 0.05) is 11.5 Å². The molecule has 10 N–H and O–H groups in total. The Balaban J connectivity index is 1.65. The van der Waals surface area contributed by atoms with E-state index in [0.29, 0.717) is 16.7 Å². The number of phenolic OH excluding ortho intramolecular Hbond substituents is 1. The first-order valence-corrected chi connectivity index (χ1v) is 15.2. The van der Waals surface area contributed by atoms with Crippen LogP contribution in [0.2, 0.25) is 0 Å². The summed E-state index contributed by atoms with van der Waals surface area (Å²) in [7, 11) is 2.75. The highest BCUT2D eigenvalue weighted by Crippen LogP contribution is 2.41. The molecule has 2 aliphatic heterocycles. The third kappa shape index (κ3) is 8.36. The fourth-order valence-corrected chi connectivity index (χ4v) is 5.55. The predicted molar refractivity (Wildman–Crippen MR) is 164 cm³/mol. The molecule has 48 heavy (non-hydrogen) atoms. The molecule has 0 radical (unpaired) electrons. The van der Waals surface area contributed by atoms with Crippen molar-refractivity contribution in [3.05, 3.63) is 53.1 Å². The number of benzene rings is 2. The van der Waals surface area contributed by atoms with Gasteiger partial charge in [-0.1, -0.05) is 18.2 Å². The van der Waals surface area contributed by atoms with E-state index < -0.39 is 87.2 Å². The Kier molecular flexibility index (Phi) is 13.4. The van der Waals surface area contributed by atoms with Crippen molar-refractivity contribution >= 4 is 6.08 Å². The Labute approximate surface area is 276 Å². The third-order valence-electron chi connectivity index (χ3n) is 8.31. The molecule has 16 heteroatoms. The van der Waals surface area contributed by atoms with Crippen LogP contribution < -0.4 is 14.2 Å². The summed E-state index contributed by atoms with van der Waals surface area (Å²) in [4.78, 5) is 0. The van der Waals surface area contributed by atoms with Gasteiger partial charge in [-0.05, 0) is 41.8 Å². The Morgan fingerprint density at radius 1 is 0.750 bits per heavy atom. The number of hydrogen-bond acceptors (Lipinski definition) is 16. The molecule has 2 fully saturated rings. The quantitative estimate of drug-likeness (QED) is 0.101. The first-order valence-electron chi connectivity index (χ1n) is 15.2. The van der Waals surface area contributed by atoms with Crippen molar-refractivity contribution in [2.75, 3.05) is 40.6 Å². The maximum absolute atomic E-state index is 10.7. The lowest BCUT2D eigenvalue weighted by atomic mass is 9.90. The number of ether oxygens (including phenoxy) is 6. The number of aliphatic hydroxyl groups is 9. The smallest absolute Gasteiger partial charge is 0.229 e. The van der Waals surface area contributed by atoms with Gasteiger partial charge in [-0.3, -0.25) is 0 Å². The van der Waals surface area contributed by atoms with Gasteiger partial charge in [0.1, 0.15) is 48.8 Å². The molecule has 16 nitrogen and oxygen atoms in total. The Morgan fingerprint density at radius 2 is 1.35 bits per heavy atom. The fourth-order valence-electron chi connectivity index (χ4n) is 5.55. The van der Waals surface area contributed by atoms with Crippen molar-refractivity contribution in [3.63, 3.8) is 0 Å². The molecule has 2 saturated heterocycles. The zero-order valence-corrected chi connectivity index (χ0v) is 26.3. The van der Waals surface area contributed by atoms with E-state index in [1.807, 2.05) is 0 Å². The summed E-state index contributed by atoms with van der Waals surface area (Å²) in [5.41, 5.74) is 1.56. The van der Waals surface area contributed by atoms with E-state index in [-0.39, 0.29) is 36.0 Å². The zero-order chi connectivity index (χ0) is 35.1.